The first kappa shape index (κ1) is 8.72. The van der Waals surface area contributed by atoms with Crippen molar-refractivity contribution in [1.82, 2.24) is 4.98 Å². The number of aromatic nitrogens is 1. The summed E-state index contributed by atoms with van der Waals surface area (Å²) in [7, 11) is 0. The molecule has 1 aromatic rings. The second-order valence-electron chi connectivity index (χ2n) is 3.71. The SMILES string of the molecule is CC1(c2nc(CN)co2)CCOC1. The Balaban J connectivity index is 2.23. The van der Waals surface area contributed by atoms with Crippen molar-refractivity contribution in [3.05, 3.63) is 17.8 Å². The van der Waals surface area contributed by atoms with Crippen LogP contribution in [0.15, 0.2) is 10.7 Å². The molecule has 0 amide bonds. The third-order valence-electron chi connectivity index (χ3n) is 2.50. The van der Waals surface area contributed by atoms with E-state index in [0.717, 1.165) is 24.6 Å². The van der Waals surface area contributed by atoms with Gasteiger partial charge in [0.05, 0.1) is 17.7 Å². The Kier molecular flexibility index (Phi) is 2.09. The lowest BCUT2D eigenvalue weighted by Gasteiger charge is -2.15. The highest BCUT2D eigenvalue weighted by Gasteiger charge is 2.36. The van der Waals surface area contributed by atoms with Crippen LogP contribution in [0.25, 0.3) is 0 Å². The summed E-state index contributed by atoms with van der Waals surface area (Å²) >= 11 is 0. The summed E-state index contributed by atoms with van der Waals surface area (Å²) in [6, 6.07) is 0. The predicted molar refractivity (Wildman–Crippen MR) is 47.2 cm³/mol. The van der Waals surface area contributed by atoms with E-state index in [9.17, 15) is 0 Å². The fraction of sp³-hybridized carbons (Fsp3) is 0.667. The average Bonchev–Trinajstić information content (AvgIpc) is 2.72. The van der Waals surface area contributed by atoms with Gasteiger partial charge >= 0.3 is 0 Å². The number of oxazole rings is 1. The van der Waals surface area contributed by atoms with Gasteiger partial charge in [-0.05, 0) is 13.3 Å². The highest BCUT2D eigenvalue weighted by atomic mass is 16.5. The molecular formula is C9H14N2O2. The van der Waals surface area contributed by atoms with Gasteiger partial charge in [0.2, 0.25) is 5.89 Å². The minimum absolute atomic E-state index is 0.0482. The van der Waals surface area contributed by atoms with Gasteiger partial charge in [0.25, 0.3) is 0 Å². The van der Waals surface area contributed by atoms with Crippen LogP contribution < -0.4 is 5.73 Å². The third-order valence-corrected chi connectivity index (χ3v) is 2.50. The van der Waals surface area contributed by atoms with Crippen LogP contribution in [0.4, 0.5) is 0 Å². The fourth-order valence-electron chi connectivity index (χ4n) is 1.51. The summed E-state index contributed by atoms with van der Waals surface area (Å²) in [5.41, 5.74) is 6.21. The maximum atomic E-state index is 5.45. The fourth-order valence-corrected chi connectivity index (χ4v) is 1.51. The van der Waals surface area contributed by atoms with Crippen molar-refractivity contribution in [1.29, 1.82) is 0 Å². The van der Waals surface area contributed by atoms with Crippen molar-refractivity contribution in [3.8, 4) is 0 Å². The molecule has 0 bridgehead atoms. The van der Waals surface area contributed by atoms with E-state index >= 15 is 0 Å². The minimum atomic E-state index is -0.0482. The van der Waals surface area contributed by atoms with E-state index in [2.05, 4.69) is 11.9 Å². The van der Waals surface area contributed by atoms with E-state index in [4.69, 9.17) is 14.9 Å². The maximum Gasteiger partial charge on any atom is 0.202 e. The number of ether oxygens (including phenoxy) is 1. The van der Waals surface area contributed by atoms with Gasteiger partial charge in [-0.25, -0.2) is 4.98 Å². The molecule has 2 heterocycles. The summed E-state index contributed by atoms with van der Waals surface area (Å²) in [5, 5.41) is 0. The molecule has 0 aliphatic carbocycles. The summed E-state index contributed by atoms with van der Waals surface area (Å²) in [6.45, 7) is 4.01. The van der Waals surface area contributed by atoms with Gasteiger partial charge in [-0.15, -0.1) is 0 Å². The van der Waals surface area contributed by atoms with Gasteiger partial charge in [-0.2, -0.15) is 0 Å². The van der Waals surface area contributed by atoms with Crippen LogP contribution in [-0.2, 0) is 16.7 Å². The molecule has 1 unspecified atom stereocenters. The Morgan fingerprint density at radius 3 is 3.08 bits per heavy atom. The molecule has 4 heteroatoms. The quantitative estimate of drug-likeness (QED) is 0.735. The highest BCUT2D eigenvalue weighted by molar-refractivity contribution is 5.08. The van der Waals surface area contributed by atoms with Crippen LogP contribution in [0.2, 0.25) is 0 Å². The lowest BCUT2D eigenvalue weighted by Crippen LogP contribution is -2.22. The zero-order chi connectivity index (χ0) is 9.31. The number of nitrogens with two attached hydrogens (primary N) is 1. The smallest absolute Gasteiger partial charge is 0.202 e. The van der Waals surface area contributed by atoms with Gasteiger partial charge < -0.3 is 14.9 Å². The largest absolute Gasteiger partial charge is 0.448 e. The molecule has 1 atom stereocenters. The molecule has 2 rings (SSSR count). The molecule has 4 nitrogen and oxygen atoms in total. The molecule has 0 spiro atoms. The van der Waals surface area contributed by atoms with Crippen molar-refractivity contribution >= 4 is 0 Å². The Morgan fingerprint density at radius 1 is 1.69 bits per heavy atom. The number of nitrogens with zero attached hydrogens (tertiary/aromatic N) is 1. The molecule has 0 saturated carbocycles. The molecule has 0 radical (unpaired) electrons. The Morgan fingerprint density at radius 2 is 2.54 bits per heavy atom. The van der Waals surface area contributed by atoms with Crippen molar-refractivity contribution in [3.63, 3.8) is 0 Å². The van der Waals surface area contributed by atoms with Gasteiger partial charge in [0.15, 0.2) is 0 Å². The summed E-state index contributed by atoms with van der Waals surface area (Å²) in [4.78, 5) is 4.31. The second-order valence-corrected chi connectivity index (χ2v) is 3.71. The first-order valence-electron chi connectivity index (χ1n) is 4.47. The summed E-state index contributed by atoms with van der Waals surface area (Å²) in [6.07, 6.45) is 2.59. The summed E-state index contributed by atoms with van der Waals surface area (Å²) < 4.78 is 10.7. The summed E-state index contributed by atoms with van der Waals surface area (Å²) in [5.74, 6) is 0.755. The zero-order valence-corrected chi connectivity index (χ0v) is 7.75. The van der Waals surface area contributed by atoms with Gasteiger partial charge in [0.1, 0.15) is 6.26 Å². The molecule has 1 aliphatic heterocycles. The van der Waals surface area contributed by atoms with Crippen LogP contribution >= 0.6 is 0 Å². The minimum Gasteiger partial charge on any atom is -0.448 e. The molecule has 1 aromatic heterocycles. The first-order chi connectivity index (χ1) is 6.24. The lowest BCUT2D eigenvalue weighted by molar-refractivity contribution is 0.173. The predicted octanol–water partition coefficient (Wildman–Crippen LogP) is 0.811. The van der Waals surface area contributed by atoms with Crippen LogP contribution in [0.1, 0.15) is 24.9 Å². The van der Waals surface area contributed by atoms with Gasteiger partial charge in [-0.1, -0.05) is 0 Å². The van der Waals surface area contributed by atoms with E-state index in [1.165, 1.54) is 0 Å². The zero-order valence-electron chi connectivity index (χ0n) is 7.75. The molecule has 72 valence electrons. The first-order valence-corrected chi connectivity index (χ1v) is 4.47. The molecule has 13 heavy (non-hydrogen) atoms. The molecular weight excluding hydrogens is 168 g/mol. The van der Waals surface area contributed by atoms with Crippen molar-refractivity contribution in [2.24, 2.45) is 5.73 Å². The van der Waals surface area contributed by atoms with E-state index in [0.29, 0.717) is 13.2 Å². The van der Waals surface area contributed by atoms with Crippen molar-refractivity contribution < 1.29 is 9.15 Å². The van der Waals surface area contributed by atoms with Crippen molar-refractivity contribution in [2.75, 3.05) is 13.2 Å². The van der Waals surface area contributed by atoms with Crippen LogP contribution in [0.5, 0.6) is 0 Å². The molecule has 1 aliphatic rings. The molecule has 2 N–H and O–H groups in total. The van der Waals surface area contributed by atoms with Gasteiger partial charge in [-0.3, -0.25) is 0 Å². The normalized spacial score (nSPS) is 28.2. The third kappa shape index (κ3) is 1.47. The number of rotatable bonds is 2. The topological polar surface area (TPSA) is 61.3 Å². The monoisotopic (exact) mass is 182 g/mol. The Bertz CT molecular complexity index is 290. The van der Waals surface area contributed by atoms with Crippen LogP contribution in [0, 0.1) is 0 Å². The van der Waals surface area contributed by atoms with Gasteiger partial charge in [0, 0.05) is 13.2 Å². The Hall–Kier alpha value is -0.870. The second kappa shape index (κ2) is 3.12. The molecule has 1 fully saturated rings. The number of hydrogen-bond donors (Lipinski definition) is 1. The van der Waals surface area contributed by atoms with E-state index in [-0.39, 0.29) is 5.41 Å². The Labute approximate surface area is 77.1 Å². The van der Waals surface area contributed by atoms with Crippen molar-refractivity contribution in [2.45, 2.75) is 25.3 Å². The molecule has 1 saturated heterocycles. The standard InChI is InChI=1S/C9H14N2O2/c1-9(2-3-12-6-9)8-11-7(4-10)5-13-8/h5H,2-4,6,10H2,1H3. The van der Waals surface area contributed by atoms with E-state index < -0.39 is 0 Å². The lowest BCUT2D eigenvalue weighted by atomic mass is 9.90. The number of hydrogen-bond acceptors (Lipinski definition) is 4. The average molecular weight is 182 g/mol. The van der Waals surface area contributed by atoms with E-state index in [1.54, 1.807) is 6.26 Å². The van der Waals surface area contributed by atoms with Crippen LogP contribution in [-0.4, -0.2) is 18.2 Å². The van der Waals surface area contributed by atoms with E-state index in [1.807, 2.05) is 0 Å². The maximum absolute atomic E-state index is 5.45. The molecule has 0 aromatic carbocycles. The van der Waals surface area contributed by atoms with Crippen LogP contribution in [0.3, 0.4) is 0 Å². The highest BCUT2D eigenvalue weighted by Crippen LogP contribution is 2.31.